The van der Waals surface area contributed by atoms with Gasteiger partial charge in [-0.2, -0.15) is 16.2 Å². The zero-order chi connectivity index (χ0) is 13.0. The van der Waals surface area contributed by atoms with Crippen molar-refractivity contribution in [3.63, 3.8) is 0 Å². The van der Waals surface area contributed by atoms with E-state index in [9.17, 15) is 14.5 Å². The minimum absolute atomic E-state index is 0.247. The predicted octanol–water partition coefficient (Wildman–Crippen LogP) is 3.15. The second-order valence-corrected chi connectivity index (χ2v) is 5.19. The molecular formula is C12H14FNO3S. The molecule has 0 saturated carbocycles. The summed E-state index contributed by atoms with van der Waals surface area (Å²) in [6, 6.07) is 4.29. The molecule has 0 radical (unpaired) electrons. The molecule has 98 valence electrons. The normalized spacial score (nSPS) is 19.1. The Bertz CT molecular complexity index is 435. The first-order chi connectivity index (χ1) is 8.68. The number of benzene rings is 1. The van der Waals surface area contributed by atoms with E-state index in [-0.39, 0.29) is 6.10 Å². The molecule has 1 heterocycles. The number of nitro benzene ring substituents is 1. The molecule has 0 bridgehead atoms. The average molecular weight is 271 g/mol. The monoisotopic (exact) mass is 271 g/mol. The number of ether oxygens (including phenoxy) is 1. The Kier molecular flexibility index (Phi) is 4.54. The van der Waals surface area contributed by atoms with Crippen LogP contribution in [0.1, 0.15) is 18.4 Å². The Morgan fingerprint density at radius 1 is 1.56 bits per heavy atom. The second kappa shape index (κ2) is 6.15. The Morgan fingerprint density at radius 2 is 2.39 bits per heavy atom. The van der Waals surface area contributed by atoms with E-state index < -0.39 is 16.4 Å². The van der Waals surface area contributed by atoms with Gasteiger partial charge in [-0.15, -0.1) is 0 Å². The first kappa shape index (κ1) is 13.3. The van der Waals surface area contributed by atoms with Gasteiger partial charge >= 0.3 is 5.69 Å². The summed E-state index contributed by atoms with van der Waals surface area (Å²) in [6.45, 7) is 0.802. The molecule has 0 spiro atoms. The Morgan fingerprint density at radius 3 is 3.06 bits per heavy atom. The van der Waals surface area contributed by atoms with E-state index in [0.29, 0.717) is 11.3 Å². The Hall–Kier alpha value is -1.14. The van der Waals surface area contributed by atoms with Crippen molar-refractivity contribution in [1.82, 2.24) is 0 Å². The van der Waals surface area contributed by atoms with Gasteiger partial charge in [-0.1, -0.05) is 12.1 Å². The molecule has 1 fully saturated rings. The van der Waals surface area contributed by atoms with E-state index in [1.54, 1.807) is 17.8 Å². The number of hydrogen-bond donors (Lipinski definition) is 0. The van der Waals surface area contributed by atoms with Gasteiger partial charge in [-0.05, 0) is 12.8 Å². The predicted molar refractivity (Wildman–Crippen MR) is 68.2 cm³/mol. The van der Waals surface area contributed by atoms with Gasteiger partial charge < -0.3 is 4.74 Å². The molecule has 2 rings (SSSR count). The van der Waals surface area contributed by atoms with Crippen LogP contribution in [0.25, 0.3) is 0 Å². The van der Waals surface area contributed by atoms with Crippen LogP contribution >= 0.6 is 11.8 Å². The van der Waals surface area contributed by atoms with Gasteiger partial charge in [0.2, 0.25) is 5.82 Å². The number of rotatable bonds is 5. The molecule has 6 heteroatoms. The van der Waals surface area contributed by atoms with E-state index in [1.165, 1.54) is 12.1 Å². The minimum atomic E-state index is -0.720. The third-order valence-corrected chi connectivity index (χ3v) is 3.96. The standard InChI is InChI=1S/C12H14FNO3S/c13-12-9(3-1-5-11(12)14(15)16)7-18-8-10-4-2-6-17-10/h1,3,5,10H,2,4,6-8H2. The molecule has 4 nitrogen and oxygen atoms in total. The largest absolute Gasteiger partial charge is 0.377 e. The van der Waals surface area contributed by atoms with Crippen molar-refractivity contribution in [2.75, 3.05) is 12.4 Å². The summed E-state index contributed by atoms with van der Waals surface area (Å²) in [4.78, 5) is 9.90. The van der Waals surface area contributed by atoms with Gasteiger partial charge in [0.15, 0.2) is 0 Å². The van der Waals surface area contributed by atoms with Gasteiger partial charge in [0.1, 0.15) is 0 Å². The summed E-state index contributed by atoms with van der Waals surface area (Å²) in [5.41, 5.74) is -0.0718. The number of thioether (sulfide) groups is 1. The molecule has 1 unspecified atom stereocenters. The average Bonchev–Trinajstić information content (AvgIpc) is 2.84. The number of hydrogen-bond acceptors (Lipinski definition) is 4. The molecule has 0 aromatic heterocycles. The van der Waals surface area contributed by atoms with E-state index in [4.69, 9.17) is 4.74 Å². The zero-order valence-electron chi connectivity index (χ0n) is 9.80. The highest BCUT2D eigenvalue weighted by atomic mass is 32.2. The quantitative estimate of drug-likeness (QED) is 0.610. The first-order valence-electron chi connectivity index (χ1n) is 5.79. The maximum atomic E-state index is 13.7. The SMILES string of the molecule is O=[N+]([O-])c1cccc(CSCC2CCCO2)c1F. The topological polar surface area (TPSA) is 52.4 Å². The van der Waals surface area contributed by atoms with Crippen molar-refractivity contribution in [3.05, 3.63) is 39.7 Å². The van der Waals surface area contributed by atoms with Crippen molar-refractivity contribution >= 4 is 17.4 Å². The Labute approximate surface area is 109 Å². The molecular weight excluding hydrogens is 257 g/mol. The molecule has 18 heavy (non-hydrogen) atoms. The number of nitro groups is 1. The lowest BCUT2D eigenvalue weighted by Crippen LogP contribution is -2.08. The van der Waals surface area contributed by atoms with Crippen molar-refractivity contribution in [3.8, 4) is 0 Å². The summed E-state index contributed by atoms with van der Waals surface area (Å²) < 4.78 is 19.2. The molecule has 1 aromatic carbocycles. The lowest BCUT2D eigenvalue weighted by Gasteiger charge is -2.08. The maximum absolute atomic E-state index is 13.7. The lowest BCUT2D eigenvalue weighted by atomic mass is 10.2. The van der Waals surface area contributed by atoms with Crippen molar-refractivity contribution < 1.29 is 14.1 Å². The highest BCUT2D eigenvalue weighted by molar-refractivity contribution is 7.98. The van der Waals surface area contributed by atoms with Gasteiger partial charge in [0, 0.05) is 29.7 Å². The fourth-order valence-electron chi connectivity index (χ4n) is 1.89. The van der Waals surface area contributed by atoms with Gasteiger partial charge in [0.05, 0.1) is 11.0 Å². The fraction of sp³-hybridized carbons (Fsp3) is 0.500. The molecule has 1 saturated heterocycles. The van der Waals surface area contributed by atoms with Crippen molar-refractivity contribution in [2.45, 2.75) is 24.7 Å². The van der Waals surface area contributed by atoms with Gasteiger partial charge in [-0.3, -0.25) is 10.1 Å². The van der Waals surface area contributed by atoms with Crippen LogP contribution in [-0.2, 0) is 10.5 Å². The Balaban J connectivity index is 1.92. The van der Waals surface area contributed by atoms with Crippen LogP contribution < -0.4 is 0 Å². The highest BCUT2D eigenvalue weighted by Gasteiger charge is 2.18. The van der Waals surface area contributed by atoms with E-state index in [0.717, 1.165) is 25.2 Å². The van der Waals surface area contributed by atoms with Crippen LogP contribution in [0.15, 0.2) is 18.2 Å². The van der Waals surface area contributed by atoms with Crippen LogP contribution in [0.4, 0.5) is 10.1 Å². The first-order valence-corrected chi connectivity index (χ1v) is 6.95. The van der Waals surface area contributed by atoms with Gasteiger partial charge in [0.25, 0.3) is 0 Å². The zero-order valence-corrected chi connectivity index (χ0v) is 10.6. The number of halogens is 1. The third-order valence-electron chi connectivity index (χ3n) is 2.84. The summed E-state index contributed by atoms with van der Waals surface area (Å²) in [5.74, 6) is 0.525. The molecule has 0 amide bonds. The highest BCUT2D eigenvalue weighted by Crippen LogP contribution is 2.25. The lowest BCUT2D eigenvalue weighted by molar-refractivity contribution is -0.387. The third kappa shape index (κ3) is 3.20. The molecule has 1 atom stereocenters. The van der Waals surface area contributed by atoms with Crippen LogP contribution in [0.5, 0.6) is 0 Å². The van der Waals surface area contributed by atoms with E-state index in [1.807, 2.05) is 0 Å². The van der Waals surface area contributed by atoms with Crippen LogP contribution in [0.2, 0.25) is 0 Å². The van der Waals surface area contributed by atoms with E-state index >= 15 is 0 Å². The van der Waals surface area contributed by atoms with Crippen molar-refractivity contribution in [1.29, 1.82) is 0 Å². The van der Waals surface area contributed by atoms with Crippen LogP contribution in [-0.4, -0.2) is 23.4 Å². The van der Waals surface area contributed by atoms with Gasteiger partial charge in [-0.25, -0.2) is 0 Å². The van der Waals surface area contributed by atoms with Crippen molar-refractivity contribution in [2.24, 2.45) is 0 Å². The minimum Gasteiger partial charge on any atom is -0.377 e. The smallest absolute Gasteiger partial charge is 0.305 e. The fourth-order valence-corrected chi connectivity index (χ4v) is 2.98. The summed E-state index contributed by atoms with van der Waals surface area (Å²) in [6.07, 6.45) is 2.37. The molecule has 0 aliphatic carbocycles. The summed E-state index contributed by atoms with van der Waals surface area (Å²) in [7, 11) is 0. The summed E-state index contributed by atoms with van der Waals surface area (Å²) >= 11 is 1.55. The van der Waals surface area contributed by atoms with Crippen LogP contribution in [0.3, 0.4) is 0 Å². The molecule has 0 N–H and O–H groups in total. The number of nitrogens with zero attached hydrogens (tertiary/aromatic N) is 1. The molecule has 1 aromatic rings. The maximum Gasteiger partial charge on any atom is 0.305 e. The summed E-state index contributed by atoms with van der Waals surface area (Å²) in [5, 5.41) is 10.6. The van der Waals surface area contributed by atoms with E-state index in [2.05, 4.69) is 0 Å². The van der Waals surface area contributed by atoms with Crippen LogP contribution in [0, 0.1) is 15.9 Å². The second-order valence-electron chi connectivity index (χ2n) is 4.16. The molecule has 1 aliphatic heterocycles. The molecule has 1 aliphatic rings.